The van der Waals surface area contributed by atoms with Crippen molar-refractivity contribution < 1.29 is 4.74 Å². The first-order valence-electron chi connectivity index (χ1n) is 7.45. The van der Waals surface area contributed by atoms with Crippen LogP contribution in [0.3, 0.4) is 0 Å². The lowest BCUT2D eigenvalue weighted by Gasteiger charge is -2.26. The molecule has 0 aromatic carbocycles. The summed E-state index contributed by atoms with van der Waals surface area (Å²) in [5, 5.41) is 0. The van der Waals surface area contributed by atoms with E-state index < -0.39 is 0 Å². The number of hydrogen-bond acceptors (Lipinski definition) is 4. The number of hydrogen-bond donors (Lipinski definition) is 1. The van der Waals surface area contributed by atoms with E-state index in [0.29, 0.717) is 18.2 Å². The minimum absolute atomic E-state index is 0.585. The minimum Gasteiger partial charge on any atom is -0.476 e. The van der Waals surface area contributed by atoms with E-state index in [1.54, 1.807) is 0 Å². The summed E-state index contributed by atoms with van der Waals surface area (Å²) in [7, 11) is 0. The fourth-order valence-corrected chi connectivity index (χ4v) is 2.41. The van der Waals surface area contributed by atoms with E-state index >= 15 is 0 Å². The van der Waals surface area contributed by atoms with Gasteiger partial charge in [0.05, 0.1) is 12.3 Å². The number of ether oxygens (including phenoxy) is 1. The van der Waals surface area contributed by atoms with Crippen molar-refractivity contribution in [2.45, 2.75) is 45.4 Å². The van der Waals surface area contributed by atoms with Crippen LogP contribution in [-0.2, 0) is 0 Å². The van der Waals surface area contributed by atoms with Gasteiger partial charge in [-0.1, -0.05) is 26.2 Å². The summed E-state index contributed by atoms with van der Waals surface area (Å²) in [6.45, 7) is 4.92. The standard InChI is InChI=1S/C15H25N3O/c1-2-12-19-15-13(16)8-9-14(17-15)18-10-6-4-3-5-7-11-18/h8-9H,2-7,10-12,16H2,1H3. The smallest absolute Gasteiger partial charge is 0.239 e. The highest BCUT2D eigenvalue weighted by Crippen LogP contribution is 2.24. The van der Waals surface area contributed by atoms with Crippen LogP contribution in [0.25, 0.3) is 0 Å². The molecule has 0 aliphatic carbocycles. The predicted molar refractivity (Wildman–Crippen MR) is 79.7 cm³/mol. The number of anilines is 2. The molecule has 4 nitrogen and oxygen atoms in total. The van der Waals surface area contributed by atoms with E-state index in [1.807, 2.05) is 12.1 Å². The molecular formula is C15H25N3O. The lowest BCUT2D eigenvalue weighted by Crippen LogP contribution is -2.28. The molecular weight excluding hydrogens is 238 g/mol. The lowest BCUT2D eigenvalue weighted by molar-refractivity contribution is 0.307. The molecule has 0 spiro atoms. The summed E-state index contributed by atoms with van der Waals surface area (Å²) < 4.78 is 5.61. The molecule has 0 bridgehead atoms. The third kappa shape index (κ3) is 4.01. The van der Waals surface area contributed by atoms with Crippen LogP contribution in [0.5, 0.6) is 5.88 Å². The largest absolute Gasteiger partial charge is 0.476 e. The van der Waals surface area contributed by atoms with Gasteiger partial charge >= 0.3 is 0 Å². The molecule has 0 saturated carbocycles. The van der Waals surface area contributed by atoms with Gasteiger partial charge in [-0.2, -0.15) is 4.98 Å². The number of aromatic nitrogens is 1. The van der Waals surface area contributed by atoms with Crippen molar-refractivity contribution >= 4 is 11.5 Å². The summed E-state index contributed by atoms with van der Waals surface area (Å²) in [6, 6.07) is 3.92. The Morgan fingerprint density at radius 1 is 1.16 bits per heavy atom. The molecule has 2 heterocycles. The van der Waals surface area contributed by atoms with Gasteiger partial charge in [0.15, 0.2) is 0 Å². The molecule has 0 atom stereocenters. The average Bonchev–Trinajstić information content (AvgIpc) is 2.38. The fourth-order valence-electron chi connectivity index (χ4n) is 2.41. The van der Waals surface area contributed by atoms with Gasteiger partial charge < -0.3 is 15.4 Å². The Hall–Kier alpha value is -1.45. The maximum atomic E-state index is 5.91. The van der Waals surface area contributed by atoms with Crippen LogP contribution in [0.1, 0.15) is 45.4 Å². The van der Waals surface area contributed by atoms with Crippen molar-refractivity contribution in [1.29, 1.82) is 0 Å². The van der Waals surface area contributed by atoms with Gasteiger partial charge in [-0.05, 0) is 31.4 Å². The molecule has 1 fully saturated rings. The Morgan fingerprint density at radius 2 is 1.84 bits per heavy atom. The molecule has 19 heavy (non-hydrogen) atoms. The van der Waals surface area contributed by atoms with Gasteiger partial charge in [0.25, 0.3) is 0 Å². The van der Waals surface area contributed by atoms with E-state index in [-0.39, 0.29) is 0 Å². The molecule has 0 unspecified atom stereocenters. The second-order valence-corrected chi connectivity index (χ2v) is 5.17. The Balaban J connectivity index is 2.09. The highest BCUT2D eigenvalue weighted by molar-refractivity contribution is 5.54. The molecule has 106 valence electrons. The van der Waals surface area contributed by atoms with Crippen LogP contribution in [0.15, 0.2) is 12.1 Å². The molecule has 1 aliphatic rings. The highest BCUT2D eigenvalue weighted by Gasteiger charge is 2.12. The van der Waals surface area contributed by atoms with Gasteiger partial charge in [0.1, 0.15) is 5.82 Å². The number of nitrogens with zero attached hydrogens (tertiary/aromatic N) is 2. The molecule has 1 saturated heterocycles. The summed E-state index contributed by atoms with van der Waals surface area (Å²) in [5.41, 5.74) is 6.54. The van der Waals surface area contributed by atoms with Crippen LogP contribution in [0.4, 0.5) is 11.5 Å². The van der Waals surface area contributed by atoms with Gasteiger partial charge in [-0.15, -0.1) is 0 Å². The first-order chi connectivity index (χ1) is 9.31. The molecule has 0 radical (unpaired) electrons. The average molecular weight is 263 g/mol. The second kappa shape index (κ2) is 7.22. The second-order valence-electron chi connectivity index (χ2n) is 5.17. The number of rotatable bonds is 4. The van der Waals surface area contributed by atoms with Gasteiger partial charge in [0.2, 0.25) is 5.88 Å². The Morgan fingerprint density at radius 3 is 2.53 bits per heavy atom. The molecule has 1 aliphatic heterocycles. The third-order valence-corrected chi connectivity index (χ3v) is 3.50. The van der Waals surface area contributed by atoms with E-state index in [1.165, 1.54) is 32.1 Å². The van der Waals surface area contributed by atoms with Gasteiger partial charge in [-0.25, -0.2) is 0 Å². The van der Waals surface area contributed by atoms with Crippen LogP contribution in [0.2, 0.25) is 0 Å². The van der Waals surface area contributed by atoms with Crippen LogP contribution >= 0.6 is 0 Å². The quantitative estimate of drug-likeness (QED) is 0.906. The zero-order chi connectivity index (χ0) is 13.5. The summed E-state index contributed by atoms with van der Waals surface area (Å²) >= 11 is 0. The number of nitrogen functional groups attached to an aromatic ring is 1. The fraction of sp³-hybridized carbons (Fsp3) is 0.667. The topological polar surface area (TPSA) is 51.4 Å². The number of pyridine rings is 1. The van der Waals surface area contributed by atoms with Crippen molar-refractivity contribution in [2.24, 2.45) is 0 Å². The highest BCUT2D eigenvalue weighted by atomic mass is 16.5. The molecule has 2 N–H and O–H groups in total. The van der Waals surface area contributed by atoms with E-state index in [9.17, 15) is 0 Å². The summed E-state index contributed by atoms with van der Waals surface area (Å²) in [5.74, 6) is 1.59. The van der Waals surface area contributed by atoms with Crippen molar-refractivity contribution in [3.05, 3.63) is 12.1 Å². The zero-order valence-electron chi connectivity index (χ0n) is 11.9. The molecule has 1 aromatic heterocycles. The van der Waals surface area contributed by atoms with Crippen molar-refractivity contribution in [3.8, 4) is 5.88 Å². The third-order valence-electron chi connectivity index (χ3n) is 3.50. The maximum absolute atomic E-state index is 5.91. The summed E-state index contributed by atoms with van der Waals surface area (Å²) in [6.07, 6.45) is 7.48. The van der Waals surface area contributed by atoms with E-state index in [4.69, 9.17) is 10.5 Å². The molecule has 4 heteroatoms. The molecule has 1 aromatic rings. The Bertz CT molecular complexity index is 387. The van der Waals surface area contributed by atoms with Gasteiger partial charge in [-0.3, -0.25) is 0 Å². The maximum Gasteiger partial charge on any atom is 0.239 e. The van der Waals surface area contributed by atoms with E-state index in [2.05, 4.69) is 16.8 Å². The number of nitrogens with two attached hydrogens (primary N) is 1. The van der Waals surface area contributed by atoms with Crippen LogP contribution in [-0.4, -0.2) is 24.7 Å². The Kier molecular flexibility index (Phi) is 5.31. The summed E-state index contributed by atoms with van der Waals surface area (Å²) in [4.78, 5) is 6.94. The molecule has 0 amide bonds. The first kappa shape index (κ1) is 14.0. The van der Waals surface area contributed by atoms with Crippen molar-refractivity contribution in [2.75, 3.05) is 30.3 Å². The van der Waals surface area contributed by atoms with Crippen LogP contribution < -0.4 is 15.4 Å². The Labute approximate surface area is 116 Å². The first-order valence-corrected chi connectivity index (χ1v) is 7.45. The van der Waals surface area contributed by atoms with Crippen molar-refractivity contribution in [3.63, 3.8) is 0 Å². The van der Waals surface area contributed by atoms with Crippen LogP contribution in [0, 0.1) is 0 Å². The monoisotopic (exact) mass is 263 g/mol. The molecule has 2 rings (SSSR count). The zero-order valence-corrected chi connectivity index (χ0v) is 11.9. The lowest BCUT2D eigenvalue weighted by atomic mass is 10.1. The van der Waals surface area contributed by atoms with Gasteiger partial charge in [0, 0.05) is 13.1 Å². The predicted octanol–water partition coefficient (Wildman–Crippen LogP) is 3.22. The van der Waals surface area contributed by atoms with Crippen molar-refractivity contribution in [1.82, 2.24) is 4.98 Å². The SMILES string of the molecule is CCCOc1nc(N2CCCCCCC2)ccc1N. The normalized spacial score (nSPS) is 16.8. The minimum atomic E-state index is 0.585. The van der Waals surface area contributed by atoms with E-state index in [0.717, 1.165) is 25.3 Å².